The van der Waals surface area contributed by atoms with Crippen molar-refractivity contribution < 1.29 is 27.6 Å². The van der Waals surface area contributed by atoms with Gasteiger partial charge in [-0.2, -0.15) is 23.4 Å². The molecule has 0 bridgehead atoms. The van der Waals surface area contributed by atoms with Crippen molar-refractivity contribution in [2.45, 2.75) is 31.5 Å². The lowest BCUT2D eigenvalue weighted by Crippen LogP contribution is -2.50. The Morgan fingerprint density at radius 1 is 1.11 bits per heavy atom. The number of hydrogen-bond acceptors (Lipinski definition) is 4. The Hall–Kier alpha value is -4.40. The standard InChI is InChI=1S/C24H23F3N6O3/c25-24(26,27)22(35)32-20(29)15-8-10-17(11-9-15)31-23(36)33-12-4-3-6-18(33)14-30-21(34)19-7-2-1-5-16(19)13-28/h1-2,5,7-11,18H,3-4,6,12,14H2,(H,30,34)(H,31,36)(H2,29,32,35). The third-order valence-electron chi connectivity index (χ3n) is 5.57. The Kier molecular flexibility index (Phi) is 8.26. The Balaban J connectivity index is 1.62. The summed E-state index contributed by atoms with van der Waals surface area (Å²) in [6.45, 7) is 0.670. The lowest BCUT2D eigenvalue weighted by molar-refractivity contribution is -0.169. The van der Waals surface area contributed by atoms with Crippen molar-refractivity contribution in [1.82, 2.24) is 10.2 Å². The van der Waals surface area contributed by atoms with Crippen LogP contribution in [0.25, 0.3) is 0 Å². The summed E-state index contributed by atoms with van der Waals surface area (Å²) in [6.07, 6.45) is -2.79. The molecule has 3 rings (SSSR count). The number of likely N-dealkylation sites (tertiary alicyclic amines) is 1. The Labute approximate surface area is 204 Å². The molecule has 2 aromatic rings. The normalized spacial score (nSPS) is 16.1. The molecule has 1 aliphatic rings. The summed E-state index contributed by atoms with van der Waals surface area (Å²) in [7, 11) is 0. The van der Waals surface area contributed by atoms with Gasteiger partial charge >= 0.3 is 18.1 Å². The van der Waals surface area contributed by atoms with E-state index in [1.807, 2.05) is 6.07 Å². The summed E-state index contributed by atoms with van der Waals surface area (Å²) >= 11 is 0. The first-order valence-corrected chi connectivity index (χ1v) is 11.0. The second-order valence-electron chi connectivity index (χ2n) is 8.02. The number of alkyl halides is 3. The molecule has 12 heteroatoms. The lowest BCUT2D eigenvalue weighted by atomic mass is 10.0. The summed E-state index contributed by atoms with van der Waals surface area (Å²) in [5.41, 5.74) is 6.43. The summed E-state index contributed by atoms with van der Waals surface area (Å²) < 4.78 is 37.1. The Bertz CT molecular complexity index is 1200. The molecule has 188 valence electrons. The second-order valence-corrected chi connectivity index (χ2v) is 8.02. The summed E-state index contributed by atoms with van der Waals surface area (Å²) in [4.78, 5) is 40.9. The molecule has 1 atom stereocenters. The number of piperidine rings is 1. The molecular formula is C24H23F3N6O3. The second kappa shape index (κ2) is 11.4. The van der Waals surface area contributed by atoms with Gasteiger partial charge in [0.1, 0.15) is 5.84 Å². The SMILES string of the molecule is N#Cc1ccccc1C(=O)NCC1CCCCN1C(=O)Nc1ccc(C(N)=NC(=O)C(F)(F)F)cc1. The van der Waals surface area contributed by atoms with Crippen LogP contribution >= 0.6 is 0 Å². The van der Waals surface area contributed by atoms with Crippen LogP contribution in [-0.4, -0.2) is 53.9 Å². The van der Waals surface area contributed by atoms with E-state index in [1.165, 1.54) is 24.3 Å². The first-order valence-electron chi connectivity index (χ1n) is 11.0. The van der Waals surface area contributed by atoms with Crippen LogP contribution in [0.5, 0.6) is 0 Å². The highest BCUT2D eigenvalue weighted by atomic mass is 19.4. The van der Waals surface area contributed by atoms with E-state index in [-0.39, 0.29) is 29.3 Å². The van der Waals surface area contributed by atoms with E-state index in [4.69, 9.17) is 5.73 Å². The van der Waals surface area contributed by atoms with Crippen molar-refractivity contribution in [2.75, 3.05) is 18.4 Å². The molecule has 36 heavy (non-hydrogen) atoms. The van der Waals surface area contributed by atoms with Gasteiger partial charge in [0.25, 0.3) is 5.91 Å². The van der Waals surface area contributed by atoms with Crippen LogP contribution in [0.2, 0.25) is 0 Å². The van der Waals surface area contributed by atoms with Gasteiger partial charge in [0.05, 0.1) is 23.2 Å². The minimum absolute atomic E-state index is 0.0850. The molecule has 0 aliphatic carbocycles. The van der Waals surface area contributed by atoms with Gasteiger partial charge in [-0.15, -0.1) is 0 Å². The zero-order valence-corrected chi connectivity index (χ0v) is 19.0. The molecule has 0 spiro atoms. The quantitative estimate of drug-likeness (QED) is 0.427. The smallest absolute Gasteiger partial charge is 0.383 e. The zero-order chi connectivity index (χ0) is 26.3. The summed E-state index contributed by atoms with van der Waals surface area (Å²) in [5.74, 6) is -3.31. The van der Waals surface area contributed by atoms with E-state index in [2.05, 4.69) is 15.6 Å². The minimum atomic E-state index is -5.12. The molecule has 0 aromatic heterocycles. The third kappa shape index (κ3) is 6.59. The van der Waals surface area contributed by atoms with E-state index < -0.39 is 29.9 Å². The number of nitriles is 1. The zero-order valence-electron chi connectivity index (χ0n) is 19.0. The van der Waals surface area contributed by atoms with Crippen molar-refractivity contribution in [3.63, 3.8) is 0 Å². The van der Waals surface area contributed by atoms with Crippen LogP contribution in [0.4, 0.5) is 23.7 Å². The fourth-order valence-electron chi connectivity index (χ4n) is 3.72. The molecule has 4 N–H and O–H groups in total. The van der Waals surface area contributed by atoms with Crippen molar-refractivity contribution in [2.24, 2.45) is 10.7 Å². The third-order valence-corrected chi connectivity index (χ3v) is 5.57. The van der Waals surface area contributed by atoms with Crippen LogP contribution in [-0.2, 0) is 4.79 Å². The number of hydrogen-bond donors (Lipinski definition) is 3. The average molecular weight is 500 g/mol. The number of benzene rings is 2. The predicted molar refractivity (Wildman–Crippen MR) is 125 cm³/mol. The molecule has 4 amide bonds. The predicted octanol–water partition coefficient (Wildman–Crippen LogP) is 3.17. The van der Waals surface area contributed by atoms with E-state index in [0.717, 1.165) is 12.8 Å². The number of urea groups is 1. The molecule has 0 saturated carbocycles. The van der Waals surface area contributed by atoms with Gasteiger partial charge in [-0.05, 0) is 55.7 Å². The van der Waals surface area contributed by atoms with Crippen molar-refractivity contribution in [1.29, 1.82) is 5.26 Å². The highest BCUT2D eigenvalue weighted by Crippen LogP contribution is 2.20. The number of nitrogens with two attached hydrogens (primary N) is 1. The average Bonchev–Trinajstić information content (AvgIpc) is 2.87. The number of nitrogens with one attached hydrogen (secondary N) is 2. The number of aliphatic imine (C=N–C) groups is 1. The maximum Gasteiger partial charge on any atom is 0.473 e. The molecular weight excluding hydrogens is 477 g/mol. The minimum Gasteiger partial charge on any atom is -0.383 e. The highest BCUT2D eigenvalue weighted by molar-refractivity contribution is 6.05. The maximum absolute atomic E-state index is 12.9. The molecule has 1 aliphatic heterocycles. The van der Waals surface area contributed by atoms with Crippen molar-refractivity contribution in [3.8, 4) is 6.07 Å². The monoisotopic (exact) mass is 500 g/mol. The fraction of sp³-hybridized carbons (Fsp3) is 0.292. The van der Waals surface area contributed by atoms with Gasteiger partial charge in [-0.25, -0.2) is 4.79 Å². The first kappa shape index (κ1) is 26.2. The topological polar surface area (TPSA) is 141 Å². The van der Waals surface area contributed by atoms with E-state index in [9.17, 15) is 32.8 Å². The largest absolute Gasteiger partial charge is 0.473 e. The number of carbonyl (C=O) groups excluding carboxylic acids is 3. The summed E-state index contributed by atoms with van der Waals surface area (Å²) in [5, 5.41) is 14.7. The van der Waals surface area contributed by atoms with Gasteiger partial charge in [0.15, 0.2) is 0 Å². The highest BCUT2D eigenvalue weighted by Gasteiger charge is 2.38. The van der Waals surface area contributed by atoms with Crippen LogP contribution < -0.4 is 16.4 Å². The number of carbonyl (C=O) groups is 3. The number of anilines is 1. The Morgan fingerprint density at radius 2 is 1.81 bits per heavy atom. The number of amidine groups is 1. The van der Waals surface area contributed by atoms with Crippen molar-refractivity contribution in [3.05, 3.63) is 65.2 Å². The molecule has 1 unspecified atom stereocenters. The molecule has 1 fully saturated rings. The number of rotatable bonds is 5. The van der Waals surface area contributed by atoms with Gasteiger partial charge in [-0.1, -0.05) is 12.1 Å². The van der Waals surface area contributed by atoms with Gasteiger partial charge < -0.3 is 21.3 Å². The molecule has 1 saturated heterocycles. The molecule has 0 radical (unpaired) electrons. The summed E-state index contributed by atoms with van der Waals surface area (Å²) in [6, 6.07) is 13.2. The number of halogens is 3. The van der Waals surface area contributed by atoms with Gasteiger partial charge in [0.2, 0.25) is 0 Å². The van der Waals surface area contributed by atoms with Gasteiger partial charge in [-0.3, -0.25) is 9.59 Å². The molecule has 1 heterocycles. The number of amides is 4. The van der Waals surface area contributed by atoms with Crippen molar-refractivity contribution >= 4 is 29.4 Å². The number of nitrogens with zero attached hydrogens (tertiary/aromatic N) is 3. The molecule has 9 nitrogen and oxygen atoms in total. The lowest BCUT2D eigenvalue weighted by Gasteiger charge is -2.35. The molecule has 2 aromatic carbocycles. The van der Waals surface area contributed by atoms with E-state index >= 15 is 0 Å². The van der Waals surface area contributed by atoms with E-state index in [0.29, 0.717) is 18.7 Å². The Morgan fingerprint density at radius 3 is 2.47 bits per heavy atom. The maximum atomic E-state index is 12.9. The van der Waals surface area contributed by atoms with Crippen LogP contribution in [0.15, 0.2) is 53.5 Å². The van der Waals surface area contributed by atoms with E-state index in [1.54, 1.807) is 29.2 Å². The first-order chi connectivity index (χ1) is 17.1. The van der Waals surface area contributed by atoms with Crippen LogP contribution in [0, 0.1) is 11.3 Å². The van der Waals surface area contributed by atoms with Gasteiger partial charge in [0, 0.05) is 24.3 Å². The van der Waals surface area contributed by atoms with Crippen LogP contribution in [0.3, 0.4) is 0 Å². The fourth-order valence-corrected chi connectivity index (χ4v) is 3.72. The van der Waals surface area contributed by atoms with Crippen LogP contribution in [0.1, 0.15) is 40.7 Å².